The highest BCUT2D eigenvalue weighted by molar-refractivity contribution is 6.27. The Morgan fingerprint density at radius 3 is 2.70 bits per heavy atom. The van der Waals surface area contributed by atoms with Gasteiger partial charge in [-0.2, -0.15) is 0 Å². The van der Waals surface area contributed by atoms with Crippen LogP contribution in [0.4, 0.5) is 0 Å². The molecule has 0 atom stereocenters. The van der Waals surface area contributed by atoms with Crippen LogP contribution >= 0.6 is 0 Å². The molecule has 1 aliphatic carbocycles. The van der Waals surface area contributed by atoms with E-state index in [-0.39, 0.29) is 5.78 Å². The molecule has 1 aliphatic rings. The molecule has 4 nitrogen and oxygen atoms in total. The van der Waals surface area contributed by atoms with Crippen LogP contribution in [0.5, 0.6) is 11.5 Å². The van der Waals surface area contributed by atoms with Crippen LogP contribution in [0, 0.1) is 0 Å². The van der Waals surface area contributed by atoms with Gasteiger partial charge in [0, 0.05) is 12.5 Å². The third-order valence-electron chi connectivity index (χ3n) is 4.31. The highest BCUT2D eigenvalue weighted by Gasteiger charge is 2.15. The van der Waals surface area contributed by atoms with Crippen molar-refractivity contribution in [1.82, 2.24) is 0 Å². The maximum absolute atomic E-state index is 12.6. The van der Waals surface area contributed by atoms with Gasteiger partial charge in [0.05, 0.1) is 7.11 Å². The predicted molar refractivity (Wildman–Crippen MR) is 107 cm³/mol. The molecule has 3 rings (SSSR count). The smallest absolute Gasteiger partial charge is 0.308 e. The summed E-state index contributed by atoms with van der Waals surface area (Å²) in [5.41, 5.74) is 4.28. The molecule has 0 fully saturated rings. The molecule has 0 amide bonds. The number of carbonyl (C=O) groups excluding carboxylic acids is 2. The van der Waals surface area contributed by atoms with Crippen LogP contribution < -0.4 is 9.47 Å². The minimum atomic E-state index is -0.440. The van der Waals surface area contributed by atoms with Crippen LogP contribution in [0.2, 0.25) is 0 Å². The van der Waals surface area contributed by atoms with E-state index in [0.717, 1.165) is 17.5 Å². The predicted octanol–water partition coefficient (Wildman–Crippen LogP) is 4.49. The lowest BCUT2D eigenvalue weighted by molar-refractivity contribution is -0.132. The molecular formula is C23H20O4. The number of methoxy groups -OCH3 is 1. The molecule has 0 aromatic heterocycles. The van der Waals surface area contributed by atoms with Crippen molar-refractivity contribution in [3.05, 3.63) is 77.4 Å². The zero-order chi connectivity index (χ0) is 19.4. The monoisotopic (exact) mass is 360 g/mol. The van der Waals surface area contributed by atoms with E-state index in [2.05, 4.69) is 18.7 Å². The highest BCUT2D eigenvalue weighted by atomic mass is 16.6. The van der Waals surface area contributed by atoms with Gasteiger partial charge in [0.25, 0.3) is 0 Å². The first kappa shape index (κ1) is 18.4. The van der Waals surface area contributed by atoms with Crippen molar-refractivity contribution in [2.75, 3.05) is 7.11 Å². The van der Waals surface area contributed by atoms with Crippen molar-refractivity contribution in [3.8, 4) is 11.5 Å². The van der Waals surface area contributed by atoms with Crippen molar-refractivity contribution in [1.29, 1.82) is 0 Å². The van der Waals surface area contributed by atoms with Gasteiger partial charge in [-0.25, -0.2) is 0 Å². The first-order chi connectivity index (χ1) is 13.0. The van der Waals surface area contributed by atoms with Gasteiger partial charge in [-0.1, -0.05) is 49.1 Å². The number of carbonyl (C=O) groups is 2. The fourth-order valence-corrected chi connectivity index (χ4v) is 2.99. The molecule has 136 valence electrons. The average molecular weight is 360 g/mol. The molecule has 0 unspecified atom stereocenters. The van der Waals surface area contributed by atoms with Crippen LogP contribution in [-0.2, 0) is 16.0 Å². The first-order valence-electron chi connectivity index (χ1n) is 8.56. The average Bonchev–Trinajstić information content (AvgIpc) is 3.14. The minimum Gasteiger partial charge on any atom is -0.493 e. The zero-order valence-electron chi connectivity index (χ0n) is 15.3. The number of ketones is 1. The number of benzene rings is 2. The molecule has 0 N–H and O–H groups in total. The molecule has 0 heterocycles. The standard InChI is InChI=1S/C23H20O4/c1-15(19-8-4-6-18-7-5-9-20(18)19)21(25)12-10-17-11-13-22(26-3)23(14-17)27-16(2)24/h4-6,8-14H,1,7H2,2-3H3. The maximum atomic E-state index is 12.6. The van der Waals surface area contributed by atoms with Crippen molar-refractivity contribution < 1.29 is 19.1 Å². The quantitative estimate of drug-likeness (QED) is 0.433. The summed E-state index contributed by atoms with van der Waals surface area (Å²) in [7, 11) is 1.50. The van der Waals surface area contributed by atoms with Crippen LogP contribution in [0.15, 0.2) is 55.1 Å². The number of hydrogen-bond acceptors (Lipinski definition) is 4. The van der Waals surface area contributed by atoms with Gasteiger partial charge in [0.2, 0.25) is 0 Å². The second-order valence-electron chi connectivity index (χ2n) is 6.16. The summed E-state index contributed by atoms with van der Waals surface area (Å²) in [6, 6.07) is 11.0. The molecule has 0 aliphatic heterocycles. The van der Waals surface area contributed by atoms with E-state index in [1.165, 1.54) is 25.7 Å². The molecule has 4 heteroatoms. The lowest BCUT2D eigenvalue weighted by atomic mass is 9.95. The zero-order valence-corrected chi connectivity index (χ0v) is 15.3. The summed E-state index contributed by atoms with van der Waals surface area (Å²) < 4.78 is 10.3. The number of hydrogen-bond donors (Lipinski definition) is 0. The fourth-order valence-electron chi connectivity index (χ4n) is 2.99. The van der Waals surface area contributed by atoms with Crippen molar-refractivity contribution in [2.45, 2.75) is 13.3 Å². The van der Waals surface area contributed by atoms with E-state index in [1.54, 1.807) is 24.3 Å². The Morgan fingerprint density at radius 2 is 1.96 bits per heavy atom. The van der Waals surface area contributed by atoms with E-state index < -0.39 is 5.97 Å². The van der Waals surface area contributed by atoms with Crippen LogP contribution in [0.3, 0.4) is 0 Å². The molecule has 2 aromatic rings. The van der Waals surface area contributed by atoms with Gasteiger partial charge in [0.1, 0.15) is 0 Å². The number of fused-ring (bicyclic) bond motifs is 1. The molecule has 27 heavy (non-hydrogen) atoms. The summed E-state index contributed by atoms with van der Waals surface area (Å²) in [4.78, 5) is 23.8. The molecule has 0 spiro atoms. The normalized spacial score (nSPS) is 12.1. The molecule has 0 radical (unpaired) electrons. The lowest BCUT2D eigenvalue weighted by Gasteiger charge is -2.09. The topological polar surface area (TPSA) is 52.6 Å². The number of rotatable bonds is 6. The Morgan fingerprint density at radius 1 is 1.15 bits per heavy atom. The maximum Gasteiger partial charge on any atom is 0.308 e. The summed E-state index contributed by atoms with van der Waals surface area (Å²) in [6.45, 7) is 5.30. The van der Waals surface area contributed by atoms with E-state index in [4.69, 9.17) is 9.47 Å². The summed E-state index contributed by atoms with van der Waals surface area (Å²) in [5, 5.41) is 0. The van der Waals surface area contributed by atoms with Gasteiger partial charge in [-0.15, -0.1) is 0 Å². The van der Waals surface area contributed by atoms with E-state index in [9.17, 15) is 9.59 Å². The van der Waals surface area contributed by atoms with Crippen molar-refractivity contribution in [2.24, 2.45) is 0 Å². The molecule has 0 bridgehead atoms. The Hall–Kier alpha value is -3.40. The lowest BCUT2D eigenvalue weighted by Crippen LogP contribution is -2.03. The molecule has 0 saturated carbocycles. The highest BCUT2D eigenvalue weighted by Crippen LogP contribution is 2.30. The van der Waals surface area contributed by atoms with Crippen LogP contribution in [0.25, 0.3) is 17.7 Å². The molecular weight excluding hydrogens is 340 g/mol. The Labute approximate surface area is 158 Å². The SMILES string of the molecule is C=C(C(=O)C=Cc1ccc(OC)c(OC(C)=O)c1)c1cccc2c1C=CC2. The third-order valence-corrected chi connectivity index (χ3v) is 4.31. The van der Waals surface area contributed by atoms with E-state index >= 15 is 0 Å². The fraction of sp³-hybridized carbons (Fsp3) is 0.130. The number of ether oxygens (including phenoxy) is 2. The van der Waals surface area contributed by atoms with Gasteiger partial charge in [-0.3, -0.25) is 9.59 Å². The van der Waals surface area contributed by atoms with Crippen molar-refractivity contribution in [3.63, 3.8) is 0 Å². The van der Waals surface area contributed by atoms with E-state index in [1.807, 2.05) is 18.2 Å². The molecule has 2 aromatic carbocycles. The summed E-state index contributed by atoms with van der Waals surface area (Å²) >= 11 is 0. The molecule has 0 saturated heterocycles. The Bertz CT molecular complexity index is 980. The van der Waals surface area contributed by atoms with Crippen LogP contribution in [-0.4, -0.2) is 18.9 Å². The minimum absolute atomic E-state index is 0.173. The number of allylic oxidation sites excluding steroid dienone is 3. The third kappa shape index (κ3) is 4.06. The second kappa shape index (κ2) is 7.87. The summed E-state index contributed by atoms with van der Waals surface area (Å²) in [6.07, 6.45) is 8.13. The first-order valence-corrected chi connectivity index (χ1v) is 8.56. The van der Waals surface area contributed by atoms with Gasteiger partial charge < -0.3 is 9.47 Å². The second-order valence-corrected chi connectivity index (χ2v) is 6.16. The Kier molecular flexibility index (Phi) is 5.36. The van der Waals surface area contributed by atoms with Crippen LogP contribution in [0.1, 0.15) is 29.2 Å². The van der Waals surface area contributed by atoms with Gasteiger partial charge >= 0.3 is 5.97 Å². The summed E-state index contributed by atoms with van der Waals surface area (Å²) in [5.74, 6) is 0.146. The van der Waals surface area contributed by atoms with E-state index in [0.29, 0.717) is 22.6 Å². The largest absolute Gasteiger partial charge is 0.493 e. The number of esters is 1. The van der Waals surface area contributed by atoms with Crippen molar-refractivity contribution >= 4 is 29.5 Å². The Balaban J connectivity index is 1.81. The van der Waals surface area contributed by atoms with Gasteiger partial charge in [0.15, 0.2) is 17.3 Å². The van der Waals surface area contributed by atoms with Gasteiger partial charge in [-0.05, 0) is 46.9 Å².